The van der Waals surface area contributed by atoms with Gasteiger partial charge in [-0.15, -0.1) is 0 Å². The second-order valence-electron chi connectivity index (χ2n) is 6.57. The molecule has 1 heterocycles. The van der Waals surface area contributed by atoms with Crippen LogP contribution in [-0.2, 0) is 4.74 Å². The quantitative estimate of drug-likeness (QED) is 0.356. The second-order valence-corrected chi connectivity index (χ2v) is 6.57. The van der Waals surface area contributed by atoms with Gasteiger partial charge in [-0.05, 0) is 42.8 Å². The number of aromatic nitrogens is 1. The van der Waals surface area contributed by atoms with Crippen LogP contribution in [0.4, 0.5) is 0 Å². The van der Waals surface area contributed by atoms with Gasteiger partial charge < -0.3 is 23.9 Å². The van der Waals surface area contributed by atoms with E-state index in [1.165, 1.54) is 28.4 Å². The third-order valence-corrected chi connectivity index (χ3v) is 4.79. The van der Waals surface area contributed by atoms with Crippen molar-refractivity contribution >= 4 is 28.7 Å². The van der Waals surface area contributed by atoms with E-state index >= 15 is 0 Å². The van der Waals surface area contributed by atoms with Gasteiger partial charge in [0.15, 0.2) is 17.3 Å². The molecule has 0 aliphatic rings. The normalized spacial score (nSPS) is 11.3. The molecule has 0 atom stereocenters. The van der Waals surface area contributed by atoms with E-state index in [1.807, 2.05) is 6.07 Å². The molecule has 7 nitrogen and oxygen atoms in total. The maximum atomic E-state index is 13.0. The van der Waals surface area contributed by atoms with Gasteiger partial charge in [0.05, 0.1) is 34.0 Å². The van der Waals surface area contributed by atoms with Gasteiger partial charge in [0.2, 0.25) is 5.75 Å². The molecule has 0 aliphatic carbocycles. The number of hydrogen-bond acceptors (Lipinski definition) is 6. The van der Waals surface area contributed by atoms with Gasteiger partial charge in [0, 0.05) is 28.2 Å². The van der Waals surface area contributed by atoms with Crippen molar-refractivity contribution in [3.05, 3.63) is 58.8 Å². The van der Waals surface area contributed by atoms with Gasteiger partial charge in [-0.3, -0.25) is 4.79 Å². The molecule has 2 aromatic carbocycles. The minimum atomic E-state index is -0.405. The first-order chi connectivity index (χ1) is 14.4. The number of ether oxygens (including phenoxy) is 4. The molecule has 0 radical (unpaired) electrons. The molecule has 7 heteroatoms. The first-order valence-electron chi connectivity index (χ1n) is 9.16. The molecular weight excluding hydrogens is 386 g/mol. The van der Waals surface area contributed by atoms with Gasteiger partial charge >= 0.3 is 5.97 Å². The molecule has 3 aromatic rings. The molecule has 0 unspecified atom stereocenters. The molecule has 1 N–H and O–H groups in total. The van der Waals surface area contributed by atoms with Crippen molar-refractivity contribution in [3.8, 4) is 17.2 Å². The van der Waals surface area contributed by atoms with E-state index < -0.39 is 5.97 Å². The summed E-state index contributed by atoms with van der Waals surface area (Å²) in [6.07, 6.45) is 3.58. The number of esters is 1. The fourth-order valence-corrected chi connectivity index (χ4v) is 3.25. The highest BCUT2D eigenvalue weighted by atomic mass is 16.5. The number of H-pyrrole nitrogens is 1. The van der Waals surface area contributed by atoms with Gasteiger partial charge in [0.25, 0.3) is 0 Å². The van der Waals surface area contributed by atoms with Crippen LogP contribution in [0, 0.1) is 0 Å². The number of aromatic amines is 1. The van der Waals surface area contributed by atoms with E-state index in [4.69, 9.17) is 18.9 Å². The number of allylic oxidation sites excluding steroid dienone is 1. The molecule has 30 heavy (non-hydrogen) atoms. The Morgan fingerprint density at radius 1 is 0.900 bits per heavy atom. The Kier molecular flexibility index (Phi) is 6.11. The number of rotatable bonds is 7. The summed E-state index contributed by atoms with van der Waals surface area (Å²) >= 11 is 0. The predicted octanol–water partition coefficient (Wildman–Crippen LogP) is 4.27. The molecule has 1 aromatic heterocycles. The summed E-state index contributed by atoms with van der Waals surface area (Å²) in [5, 5.41) is 0.889. The van der Waals surface area contributed by atoms with Crippen LogP contribution in [0.25, 0.3) is 17.0 Å². The summed E-state index contributed by atoms with van der Waals surface area (Å²) in [6.45, 7) is 1.74. The van der Waals surface area contributed by atoms with Gasteiger partial charge in [0.1, 0.15) is 0 Å². The topological polar surface area (TPSA) is 86.9 Å². The zero-order valence-electron chi connectivity index (χ0n) is 17.5. The molecule has 0 fully saturated rings. The number of ketones is 1. The van der Waals surface area contributed by atoms with Crippen LogP contribution in [0.2, 0.25) is 0 Å². The van der Waals surface area contributed by atoms with Crippen LogP contribution in [0.5, 0.6) is 17.2 Å². The summed E-state index contributed by atoms with van der Waals surface area (Å²) in [4.78, 5) is 27.9. The van der Waals surface area contributed by atoms with E-state index in [0.29, 0.717) is 33.9 Å². The van der Waals surface area contributed by atoms with Crippen LogP contribution in [0.3, 0.4) is 0 Å². The third-order valence-electron chi connectivity index (χ3n) is 4.79. The Labute approximate surface area is 174 Å². The lowest BCUT2D eigenvalue weighted by Gasteiger charge is -2.13. The molecule has 0 saturated carbocycles. The molecule has 0 bridgehead atoms. The van der Waals surface area contributed by atoms with Crippen molar-refractivity contribution in [2.45, 2.75) is 6.92 Å². The van der Waals surface area contributed by atoms with Crippen molar-refractivity contribution < 1.29 is 28.5 Å². The summed E-state index contributed by atoms with van der Waals surface area (Å²) in [6, 6.07) is 8.48. The zero-order chi connectivity index (χ0) is 21.8. The Hall–Kier alpha value is -3.74. The summed E-state index contributed by atoms with van der Waals surface area (Å²) < 4.78 is 20.7. The number of fused-ring (bicyclic) bond motifs is 1. The molecular formula is C23H23NO6. The minimum Gasteiger partial charge on any atom is -0.493 e. The summed E-state index contributed by atoms with van der Waals surface area (Å²) in [5.74, 6) is 0.675. The SMILES string of the molecule is COC(=O)c1ccc2c(C=C(C)C(=O)c3cc(OC)c(OC)c(OC)c3)c[nH]c2c1. The summed E-state index contributed by atoms with van der Waals surface area (Å²) in [5.41, 5.74) is 3.01. The molecule has 0 spiro atoms. The van der Waals surface area contributed by atoms with E-state index in [0.717, 1.165) is 16.5 Å². The molecule has 3 rings (SSSR count). The van der Waals surface area contributed by atoms with Crippen molar-refractivity contribution in [2.75, 3.05) is 28.4 Å². The molecule has 0 amide bonds. The van der Waals surface area contributed by atoms with Crippen LogP contribution in [0.15, 0.2) is 42.1 Å². The highest BCUT2D eigenvalue weighted by molar-refractivity contribution is 6.12. The Morgan fingerprint density at radius 3 is 2.13 bits per heavy atom. The smallest absolute Gasteiger partial charge is 0.337 e. The summed E-state index contributed by atoms with van der Waals surface area (Å²) in [7, 11) is 5.86. The Morgan fingerprint density at radius 2 is 1.57 bits per heavy atom. The number of hydrogen-bond donors (Lipinski definition) is 1. The van der Waals surface area contributed by atoms with Crippen molar-refractivity contribution in [2.24, 2.45) is 0 Å². The average molecular weight is 409 g/mol. The van der Waals surface area contributed by atoms with Crippen molar-refractivity contribution in [1.29, 1.82) is 0 Å². The molecule has 0 aliphatic heterocycles. The fraction of sp³-hybridized carbons (Fsp3) is 0.217. The van der Waals surface area contributed by atoms with E-state index in [9.17, 15) is 9.59 Å². The van der Waals surface area contributed by atoms with Crippen LogP contribution in [0.1, 0.15) is 33.2 Å². The lowest BCUT2D eigenvalue weighted by atomic mass is 10.0. The number of carbonyl (C=O) groups is 2. The number of benzene rings is 2. The first kappa shape index (κ1) is 21.0. The molecule has 156 valence electrons. The monoisotopic (exact) mass is 409 g/mol. The molecule has 0 saturated heterocycles. The number of carbonyl (C=O) groups excluding carboxylic acids is 2. The number of nitrogens with one attached hydrogen (secondary N) is 1. The maximum absolute atomic E-state index is 13.0. The Balaban J connectivity index is 1.97. The van der Waals surface area contributed by atoms with Crippen molar-refractivity contribution in [3.63, 3.8) is 0 Å². The minimum absolute atomic E-state index is 0.171. The number of Topliss-reactive ketones (excluding diaryl/α,β-unsaturated/α-hetero) is 1. The maximum Gasteiger partial charge on any atom is 0.337 e. The lowest BCUT2D eigenvalue weighted by molar-refractivity contribution is 0.0600. The number of methoxy groups -OCH3 is 4. The van der Waals surface area contributed by atoms with Crippen molar-refractivity contribution in [1.82, 2.24) is 4.98 Å². The van der Waals surface area contributed by atoms with Gasteiger partial charge in [-0.1, -0.05) is 6.07 Å². The van der Waals surface area contributed by atoms with Crippen LogP contribution in [-0.4, -0.2) is 45.2 Å². The highest BCUT2D eigenvalue weighted by Gasteiger charge is 2.18. The Bertz CT molecular complexity index is 1120. The third kappa shape index (κ3) is 3.87. The fourth-order valence-electron chi connectivity index (χ4n) is 3.25. The van der Waals surface area contributed by atoms with E-state index in [1.54, 1.807) is 43.5 Å². The highest BCUT2D eigenvalue weighted by Crippen LogP contribution is 2.38. The lowest BCUT2D eigenvalue weighted by Crippen LogP contribution is -2.04. The van der Waals surface area contributed by atoms with E-state index in [-0.39, 0.29) is 5.78 Å². The van der Waals surface area contributed by atoms with Crippen LogP contribution >= 0.6 is 0 Å². The van der Waals surface area contributed by atoms with E-state index in [2.05, 4.69) is 4.98 Å². The average Bonchev–Trinajstić information content (AvgIpc) is 3.18. The van der Waals surface area contributed by atoms with Gasteiger partial charge in [-0.2, -0.15) is 0 Å². The second kappa shape index (κ2) is 8.73. The van der Waals surface area contributed by atoms with Gasteiger partial charge in [-0.25, -0.2) is 4.79 Å². The van der Waals surface area contributed by atoms with Crippen LogP contribution < -0.4 is 14.2 Å². The standard InChI is InChI=1S/C23H23NO6/c1-13(21(25)15-10-19(27-2)22(29-4)20(11-15)28-3)8-16-12-24-18-9-14(23(26)30-5)6-7-17(16)18/h6-12,24H,1-5H3. The largest absolute Gasteiger partial charge is 0.493 e. The first-order valence-corrected chi connectivity index (χ1v) is 9.16. The zero-order valence-corrected chi connectivity index (χ0v) is 17.5. The predicted molar refractivity (Wildman–Crippen MR) is 114 cm³/mol.